The molecule has 2 aliphatic rings. The summed E-state index contributed by atoms with van der Waals surface area (Å²) in [6.07, 6.45) is 1.01. The molecule has 0 saturated carbocycles. The molecule has 172 valence electrons. The number of nitrogens with one attached hydrogen (secondary N) is 2. The highest BCUT2D eigenvalue weighted by molar-refractivity contribution is 7.14. The lowest BCUT2D eigenvalue weighted by atomic mass is 10.2. The van der Waals surface area contributed by atoms with Crippen LogP contribution in [-0.4, -0.2) is 61.4 Å². The SMILES string of the molecule is Clc1ccc(OCC2CN(c3cccc(-c4csc(NC5=NCCCN5)n4)n3)CCO2)cc1. The number of hydrogen-bond donors (Lipinski definition) is 2. The molecule has 0 bridgehead atoms. The van der Waals surface area contributed by atoms with E-state index in [1.807, 2.05) is 47.8 Å². The number of morpholine rings is 1. The van der Waals surface area contributed by atoms with Gasteiger partial charge in [-0.3, -0.25) is 4.99 Å². The van der Waals surface area contributed by atoms with E-state index in [-0.39, 0.29) is 6.10 Å². The van der Waals surface area contributed by atoms with Crippen LogP contribution in [0.5, 0.6) is 5.75 Å². The first-order valence-electron chi connectivity index (χ1n) is 11.0. The fourth-order valence-corrected chi connectivity index (χ4v) is 4.49. The molecule has 10 heteroatoms. The molecule has 8 nitrogen and oxygen atoms in total. The Hall–Kier alpha value is -2.88. The number of benzene rings is 1. The second kappa shape index (κ2) is 10.4. The van der Waals surface area contributed by atoms with Crippen molar-refractivity contribution in [3.8, 4) is 17.1 Å². The van der Waals surface area contributed by atoms with Crippen LogP contribution >= 0.6 is 22.9 Å². The van der Waals surface area contributed by atoms with Crippen LogP contribution in [-0.2, 0) is 4.74 Å². The van der Waals surface area contributed by atoms with Gasteiger partial charge >= 0.3 is 0 Å². The number of nitrogens with zero attached hydrogens (tertiary/aromatic N) is 4. The topological polar surface area (TPSA) is 83.9 Å². The second-order valence-electron chi connectivity index (χ2n) is 7.76. The standard InChI is InChI=1S/C23H25ClN6O2S/c24-16-5-7-17(8-6-16)32-14-18-13-30(11-12-31-18)21-4-1-3-19(27-21)20-15-33-23(28-20)29-22-25-9-2-10-26-22/h1,3-8,15,18H,2,9-14H2,(H2,25,26,28,29). The normalized spacial score (nSPS) is 18.4. The summed E-state index contributed by atoms with van der Waals surface area (Å²) in [6.45, 7) is 4.35. The third-order valence-corrected chi connectivity index (χ3v) is 6.35. The molecule has 0 radical (unpaired) electrons. The maximum Gasteiger partial charge on any atom is 0.197 e. The first kappa shape index (κ1) is 21.9. The lowest BCUT2D eigenvalue weighted by molar-refractivity contribution is 0.0101. The van der Waals surface area contributed by atoms with E-state index in [0.717, 1.165) is 60.1 Å². The van der Waals surface area contributed by atoms with Crippen LogP contribution in [0, 0.1) is 0 Å². The van der Waals surface area contributed by atoms with Gasteiger partial charge in [-0.1, -0.05) is 17.7 Å². The molecular weight excluding hydrogens is 460 g/mol. The molecular formula is C23H25ClN6O2S. The molecule has 1 fully saturated rings. The summed E-state index contributed by atoms with van der Waals surface area (Å²) in [5.74, 6) is 2.47. The number of thiazole rings is 1. The van der Waals surface area contributed by atoms with Crippen molar-refractivity contribution in [1.82, 2.24) is 15.3 Å². The van der Waals surface area contributed by atoms with Crippen LogP contribution in [0.2, 0.25) is 5.02 Å². The Morgan fingerprint density at radius 1 is 1.18 bits per heavy atom. The summed E-state index contributed by atoms with van der Waals surface area (Å²) >= 11 is 7.48. The number of aliphatic imine (C=N–C) groups is 1. The molecule has 1 aromatic carbocycles. The van der Waals surface area contributed by atoms with E-state index in [2.05, 4.69) is 20.5 Å². The fraction of sp³-hybridized carbons (Fsp3) is 0.348. The van der Waals surface area contributed by atoms with Gasteiger partial charge in [-0.05, 0) is 42.8 Å². The molecule has 1 saturated heterocycles. The van der Waals surface area contributed by atoms with Crippen LogP contribution in [0.25, 0.3) is 11.4 Å². The van der Waals surface area contributed by atoms with Gasteiger partial charge in [0, 0.05) is 36.6 Å². The zero-order chi connectivity index (χ0) is 22.5. The highest BCUT2D eigenvalue weighted by atomic mass is 35.5. The number of ether oxygens (including phenoxy) is 2. The zero-order valence-corrected chi connectivity index (χ0v) is 19.6. The van der Waals surface area contributed by atoms with Crippen LogP contribution in [0.15, 0.2) is 52.8 Å². The molecule has 2 aliphatic heterocycles. The van der Waals surface area contributed by atoms with Gasteiger partial charge in [-0.25, -0.2) is 9.97 Å². The Balaban J connectivity index is 1.22. The van der Waals surface area contributed by atoms with Gasteiger partial charge in [0.2, 0.25) is 0 Å². The van der Waals surface area contributed by atoms with Gasteiger partial charge in [0.05, 0.1) is 12.3 Å². The monoisotopic (exact) mass is 484 g/mol. The van der Waals surface area contributed by atoms with Gasteiger partial charge in [0.1, 0.15) is 30.0 Å². The third kappa shape index (κ3) is 5.73. The quantitative estimate of drug-likeness (QED) is 0.548. The van der Waals surface area contributed by atoms with Crippen molar-refractivity contribution >= 4 is 39.8 Å². The number of pyridine rings is 1. The van der Waals surface area contributed by atoms with Gasteiger partial charge in [0.15, 0.2) is 11.1 Å². The minimum Gasteiger partial charge on any atom is -0.491 e. The van der Waals surface area contributed by atoms with Crippen molar-refractivity contribution in [3.05, 3.63) is 52.9 Å². The Labute approximate surface area is 201 Å². The molecule has 0 aliphatic carbocycles. The molecule has 5 rings (SSSR count). The first-order chi connectivity index (χ1) is 16.2. The van der Waals surface area contributed by atoms with E-state index in [1.54, 1.807) is 11.3 Å². The van der Waals surface area contributed by atoms with E-state index in [9.17, 15) is 0 Å². The van der Waals surface area contributed by atoms with E-state index in [0.29, 0.717) is 24.8 Å². The maximum atomic E-state index is 5.94. The van der Waals surface area contributed by atoms with E-state index < -0.39 is 0 Å². The largest absolute Gasteiger partial charge is 0.491 e. The van der Waals surface area contributed by atoms with Gasteiger partial charge in [0.25, 0.3) is 0 Å². The van der Waals surface area contributed by atoms with Crippen molar-refractivity contribution in [3.63, 3.8) is 0 Å². The zero-order valence-electron chi connectivity index (χ0n) is 18.0. The smallest absolute Gasteiger partial charge is 0.197 e. The number of anilines is 2. The van der Waals surface area contributed by atoms with Crippen LogP contribution in [0.1, 0.15) is 6.42 Å². The van der Waals surface area contributed by atoms with Crippen molar-refractivity contribution in [2.45, 2.75) is 12.5 Å². The Morgan fingerprint density at radius 3 is 2.94 bits per heavy atom. The summed E-state index contributed by atoms with van der Waals surface area (Å²) in [6, 6.07) is 13.4. The minimum atomic E-state index is -0.0428. The molecule has 1 unspecified atom stereocenters. The van der Waals surface area contributed by atoms with Crippen LogP contribution in [0.3, 0.4) is 0 Å². The summed E-state index contributed by atoms with van der Waals surface area (Å²) in [5.41, 5.74) is 1.69. The molecule has 3 aromatic rings. The predicted molar refractivity (Wildman–Crippen MR) is 133 cm³/mol. The molecule has 1 atom stereocenters. The minimum absolute atomic E-state index is 0.0428. The summed E-state index contributed by atoms with van der Waals surface area (Å²) in [7, 11) is 0. The van der Waals surface area contributed by atoms with Crippen molar-refractivity contribution in [2.75, 3.05) is 49.6 Å². The average molecular weight is 485 g/mol. The van der Waals surface area contributed by atoms with E-state index in [1.165, 1.54) is 0 Å². The Morgan fingerprint density at radius 2 is 2.09 bits per heavy atom. The maximum absolute atomic E-state index is 5.94. The van der Waals surface area contributed by atoms with Crippen LogP contribution < -0.4 is 20.3 Å². The fourth-order valence-electron chi connectivity index (χ4n) is 3.66. The van der Waals surface area contributed by atoms with E-state index in [4.69, 9.17) is 31.0 Å². The molecule has 33 heavy (non-hydrogen) atoms. The first-order valence-corrected chi connectivity index (χ1v) is 12.2. The van der Waals surface area contributed by atoms with Crippen molar-refractivity contribution in [1.29, 1.82) is 0 Å². The number of halogens is 1. The van der Waals surface area contributed by atoms with Gasteiger partial charge in [-0.2, -0.15) is 0 Å². The molecule has 2 N–H and O–H groups in total. The second-order valence-corrected chi connectivity index (χ2v) is 9.05. The van der Waals surface area contributed by atoms with Crippen LogP contribution in [0.4, 0.5) is 10.9 Å². The van der Waals surface area contributed by atoms with Gasteiger partial charge < -0.3 is 25.0 Å². The Kier molecular flexibility index (Phi) is 6.89. The highest BCUT2D eigenvalue weighted by Crippen LogP contribution is 2.26. The van der Waals surface area contributed by atoms with Crippen molar-refractivity contribution < 1.29 is 9.47 Å². The Bertz CT molecular complexity index is 1110. The third-order valence-electron chi connectivity index (χ3n) is 5.34. The lowest BCUT2D eigenvalue weighted by Gasteiger charge is -2.33. The number of guanidine groups is 1. The summed E-state index contributed by atoms with van der Waals surface area (Å²) < 4.78 is 11.8. The molecule has 0 amide bonds. The van der Waals surface area contributed by atoms with E-state index >= 15 is 0 Å². The summed E-state index contributed by atoms with van der Waals surface area (Å²) in [5, 5.41) is 10.0. The lowest BCUT2D eigenvalue weighted by Crippen LogP contribution is -2.45. The average Bonchev–Trinajstić information content (AvgIpc) is 3.33. The summed E-state index contributed by atoms with van der Waals surface area (Å²) in [4.78, 5) is 16.2. The number of rotatable bonds is 6. The predicted octanol–water partition coefficient (Wildman–Crippen LogP) is 3.90. The molecule has 4 heterocycles. The molecule has 2 aromatic heterocycles. The van der Waals surface area contributed by atoms with Crippen molar-refractivity contribution in [2.24, 2.45) is 4.99 Å². The van der Waals surface area contributed by atoms with Gasteiger partial charge in [-0.15, -0.1) is 11.3 Å². The number of aromatic nitrogens is 2. The number of hydrogen-bond acceptors (Lipinski definition) is 9. The highest BCUT2D eigenvalue weighted by Gasteiger charge is 2.23. The molecule has 0 spiro atoms.